The van der Waals surface area contributed by atoms with Gasteiger partial charge in [0.2, 0.25) is 0 Å². The van der Waals surface area contributed by atoms with E-state index < -0.39 is 10.0 Å². The molecule has 7 nitrogen and oxygen atoms in total. The van der Waals surface area contributed by atoms with Crippen LogP contribution in [-0.4, -0.2) is 30.3 Å². The number of rotatable bonds is 6. The van der Waals surface area contributed by atoms with E-state index in [2.05, 4.69) is 30.8 Å². The number of anilines is 1. The Morgan fingerprint density at radius 1 is 1.19 bits per heavy atom. The standard InChI is InChI=1S/C16H15BrN4O3S2/c1-21-10-18-19-16(21)25-13-6-4-12(5-7-13)20-26(22,23)15-9-11(17)3-8-14(15)24-2/h3-10,20H,1-2H3. The van der Waals surface area contributed by atoms with Crippen LogP contribution in [0, 0.1) is 0 Å². The summed E-state index contributed by atoms with van der Waals surface area (Å²) in [7, 11) is -0.498. The zero-order valence-electron chi connectivity index (χ0n) is 13.9. The van der Waals surface area contributed by atoms with Crippen molar-refractivity contribution in [3.8, 4) is 5.75 Å². The second kappa shape index (κ2) is 7.68. The maximum Gasteiger partial charge on any atom is 0.265 e. The Labute approximate surface area is 164 Å². The summed E-state index contributed by atoms with van der Waals surface area (Å²) in [5, 5.41) is 8.58. The molecule has 136 valence electrons. The van der Waals surface area contributed by atoms with Gasteiger partial charge < -0.3 is 9.30 Å². The molecule has 3 aromatic rings. The normalized spacial score (nSPS) is 11.3. The number of hydrogen-bond acceptors (Lipinski definition) is 6. The summed E-state index contributed by atoms with van der Waals surface area (Å²) < 4.78 is 35.5. The fourth-order valence-corrected chi connectivity index (χ4v) is 4.66. The second-order valence-electron chi connectivity index (χ2n) is 5.25. The molecule has 3 rings (SSSR count). The molecule has 0 aliphatic heterocycles. The van der Waals surface area contributed by atoms with Crippen molar-refractivity contribution in [1.82, 2.24) is 14.8 Å². The van der Waals surface area contributed by atoms with Gasteiger partial charge in [0.25, 0.3) is 10.0 Å². The van der Waals surface area contributed by atoms with Crippen LogP contribution in [0.25, 0.3) is 0 Å². The van der Waals surface area contributed by atoms with E-state index >= 15 is 0 Å². The molecule has 0 bridgehead atoms. The van der Waals surface area contributed by atoms with E-state index in [-0.39, 0.29) is 10.6 Å². The van der Waals surface area contributed by atoms with Crippen molar-refractivity contribution in [2.45, 2.75) is 14.9 Å². The number of hydrogen-bond donors (Lipinski definition) is 1. The van der Waals surface area contributed by atoms with Gasteiger partial charge >= 0.3 is 0 Å². The van der Waals surface area contributed by atoms with Gasteiger partial charge in [0.1, 0.15) is 17.0 Å². The second-order valence-corrected chi connectivity index (χ2v) is 8.86. The van der Waals surface area contributed by atoms with Crippen LogP contribution in [0.1, 0.15) is 0 Å². The average Bonchev–Trinajstić information content (AvgIpc) is 3.01. The van der Waals surface area contributed by atoms with E-state index in [0.717, 1.165) is 10.1 Å². The Morgan fingerprint density at radius 2 is 1.92 bits per heavy atom. The third-order valence-corrected chi connectivity index (χ3v) is 6.36. The molecule has 0 atom stereocenters. The predicted octanol–water partition coefficient (Wildman–Crippen LogP) is 3.54. The topological polar surface area (TPSA) is 86.1 Å². The van der Waals surface area contributed by atoms with Crippen LogP contribution in [-0.2, 0) is 17.1 Å². The van der Waals surface area contributed by atoms with Crippen molar-refractivity contribution in [1.29, 1.82) is 0 Å². The van der Waals surface area contributed by atoms with Gasteiger partial charge in [0.15, 0.2) is 5.16 Å². The molecule has 1 aromatic heterocycles. The Kier molecular flexibility index (Phi) is 5.54. The first-order valence-corrected chi connectivity index (χ1v) is 10.5. The highest BCUT2D eigenvalue weighted by Gasteiger charge is 2.20. The summed E-state index contributed by atoms with van der Waals surface area (Å²) in [5.74, 6) is 0.273. The van der Waals surface area contributed by atoms with E-state index in [1.54, 1.807) is 35.2 Å². The van der Waals surface area contributed by atoms with E-state index in [9.17, 15) is 8.42 Å². The van der Waals surface area contributed by atoms with Gasteiger partial charge in [-0.15, -0.1) is 10.2 Å². The summed E-state index contributed by atoms with van der Waals surface area (Å²) in [6, 6.07) is 11.8. The summed E-state index contributed by atoms with van der Waals surface area (Å²) in [6.07, 6.45) is 1.62. The molecule has 0 radical (unpaired) electrons. The highest BCUT2D eigenvalue weighted by molar-refractivity contribution is 9.10. The minimum absolute atomic E-state index is 0.0620. The number of ether oxygens (including phenoxy) is 1. The number of aromatic nitrogens is 3. The molecule has 0 fully saturated rings. The maximum atomic E-state index is 12.7. The number of nitrogens with one attached hydrogen (secondary N) is 1. The highest BCUT2D eigenvalue weighted by atomic mass is 79.9. The van der Waals surface area contributed by atoms with Gasteiger partial charge in [-0.1, -0.05) is 15.9 Å². The molecule has 0 saturated carbocycles. The monoisotopic (exact) mass is 454 g/mol. The Morgan fingerprint density at radius 3 is 2.54 bits per heavy atom. The molecule has 0 aliphatic carbocycles. The van der Waals surface area contributed by atoms with Crippen LogP contribution >= 0.6 is 27.7 Å². The van der Waals surface area contributed by atoms with Crippen molar-refractivity contribution in [3.05, 3.63) is 53.3 Å². The van der Waals surface area contributed by atoms with E-state index in [4.69, 9.17) is 4.74 Å². The lowest BCUT2D eigenvalue weighted by Crippen LogP contribution is -2.14. The van der Waals surface area contributed by atoms with Gasteiger partial charge in [0, 0.05) is 22.1 Å². The summed E-state index contributed by atoms with van der Waals surface area (Å²) in [5.41, 5.74) is 0.453. The van der Waals surface area contributed by atoms with Crippen LogP contribution in [0.3, 0.4) is 0 Å². The molecule has 0 aliphatic rings. The number of aryl methyl sites for hydroxylation is 1. The van der Waals surface area contributed by atoms with Gasteiger partial charge in [-0.05, 0) is 54.2 Å². The third-order valence-electron chi connectivity index (χ3n) is 3.40. The zero-order chi connectivity index (χ0) is 18.7. The van der Waals surface area contributed by atoms with E-state index in [1.165, 1.54) is 24.9 Å². The lowest BCUT2D eigenvalue weighted by molar-refractivity contribution is 0.403. The smallest absolute Gasteiger partial charge is 0.265 e. The average molecular weight is 455 g/mol. The molecular weight excluding hydrogens is 440 g/mol. The SMILES string of the molecule is COc1ccc(Br)cc1S(=O)(=O)Nc1ccc(Sc2nncn2C)cc1. The third kappa shape index (κ3) is 4.19. The van der Waals surface area contributed by atoms with Crippen molar-refractivity contribution in [2.75, 3.05) is 11.8 Å². The Hall–Kier alpha value is -2.04. The number of sulfonamides is 1. The molecule has 1 N–H and O–H groups in total. The quantitative estimate of drug-likeness (QED) is 0.612. The maximum absolute atomic E-state index is 12.7. The van der Waals surface area contributed by atoms with Crippen LogP contribution in [0.2, 0.25) is 0 Å². The predicted molar refractivity (Wildman–Crippen MR) is 103 cm³/mol. The molecule has 1 heterocycles. The summed E-state index contributed by atoms with van der Waals surface area (Å²) in [6.45, 7) is 0. The lowest BCUT2D eigenvalue weighted by Gasteiger charge is -2.12. The minimum Gasteiger partial charge on any atom is -0.495 e. The molecule has 10 heteroatoms. The number of benzene rings is 2. The molecular formula is C16H15BrN4O3S2. The fourth-order valence-electron chi connectivity index (χ4n) is 2.13. The molecule has 0 amide bonds. The molecule has 26 heavy (non-hydrogen) atoms. The van der Waals surface area contributed by atoms with E-state index in [0.29, 0.717) is 10.2 Å². The number of methoxy groups -OCH3 is 1. The number of halogens is 1. The Bertz CT molecular complexity index is 1020. The van der Waals surface area contributed by atoms with Gasteiger partial charge in [-0.25, -0.2) is 8.42 Å². The fraction of sp³-hybridized carbons (Fsp3) is 0.125. The molecule has 0 unspecified atom stereocenters. The van der Waals surface area contributed by atoms with Crippen molar-refractivity contribution in [3.63, 3.8) is 0 Å². The zero-order valence-corrected chi connectivity index (χ0v) is 17.1. The molecule has 2 aromatic carbocycles. The van der Waals surface area contributed by atoms with E-state index in [1.807, 2.05) is 19.2 Å². The molecule has 0 saturated heterocycles. The first-order valence-electron chi connectivity index (χ1n) is 7.37. The van der Waals surface area contributed by atoms with Crippen molar-refractivity contribution >= 4 is 43.4 Å². The van der Waals surface area contributed by atoms with Gasteiger partial charge in [-0.3, -0.25) is 4.72 Å². The lowest BCUT2D eigenvalue weighted by atomic mass is 10.3. The molecule has 0 spiro atoms. The number of nitrogens with zero attached hydrogens (tertiary/aromatic N) is 3. The van der Waals surface area contributed by atoms with Crippen LogP contribution in [0.4, 0.5) is 5.69 Å². The summed E-state index contributed by atoms with van der Waals surface area (Å²) in [4.78, 5) is 0.982. The first kappa shape index (κ1) is 18.7. The van der Waals surface area contributed by atoms with Gasteiger partial charge in [0.05, 0.1) is 7.11 Å². The minimum atomic E-state index is -3.79. The van der Waals surface area contributed by atoms with Crippen LogP contribution in [0.5, 0.6) is 5.75 Å². The van der Waals surface area contributed by atoms with Gasteiger partial charge in [-0.2, -0.15) is 0 Å². The first-order chi connectivity index (χ1) is 12.4. The van der Waals surface area contributed by atoms with Crippen LogP contribution in [0.15, 0.2) is 68.2 Å². The largest absolute Gasteiger partial charge is 0.495 e. The van der Waals surface area contributed by atoms with Crippen LogP contribution < -0.4 is 9.46 Å². The summed E-state index contributed by atoms with van der Waals surface area (Å²) >= 11 is 4.72. The van der Waals surface area contributed by atoms with Crippen molar-refractivity contribution in [2.24, 2.45) is 7.05 Å². The highest BCUT2D eigenvalue weighted by Crippen LogP contribution is 2.30. The Balaban J connectivity index is 1.80. The van der Waals surface area contributed by atoms with Crippen molar-refractivity contribution < 1.29 is 13.2 Å².